The van der Waals surface area contributed by atoms with E-state index in [2.05, 4.69) is 43.0 Å². The van der Waals surface area contributed by atoms with Crippen molar-refractivity contribution < 1.29 is 0 Å². The first-order valence-electron chi connectivity index (χ1n) is 18.0. The van der Waals surface area contributed by atoms with Gasteiger partial charge in [-0.05, 0) is 25.7 Å². The molecule has 2 nitrogen and oxygen atoms in total. The SMILES string of the molecule is CCCCCCCCCCCCCCCCCCCC1N(CCCCC)C=CN1CCCCCCCCC. The fourth-order valence-corrected chi connectivity index (χ4v) is 6.19. The van der Waals surface area contributed by atoms with Gasteiger partial charge in [0.1, 0.15) is 6.17 Å². The molecule has 0 aliphatic carbocycles. The molecule has 1 atom stereocenters. The van der Waals surface area contributed by atoms with E-state index >= 15 is 0 Å². The van der Waals surface area contributed by atoms with Gasteiger partial charge in [-0.1, -0.05) is 175 Å². The van der Waals surface area contributed by atoms with Gasteiger partial charge in [0.25, 0.3) is 0 Å². The van der Waals surface area contributed by atoms with Crippen molar-refractivity contribution in [3.8, 4) is 0 Å². The molecule has 226 valence electrons. The van der Waals surface area contributed by atoms with E-state index in [1.807, 2.05) is 0 Å². The molecule has 38 heavy (non-hydrogen) atoms. The molecular weight excluding hydrogens is 460 g/mol. The zero-order chi connectivity index (χ0) is 27.4. The van der Waals surface area contributed by atoms with Crippen LogP contribution in [0.3, 0.4) is 0 Å². The summed E-state index contributed by atoms with van der Waals surface area (Å²) in [5.41, 5.74) is 0. The quantitative estimate of drug-likeness (QED) is 0.0848. The normalized spacial score (nSPS) is 15.3. The Balaban J connectivity index is 2.04. The maximum atomic E-state index is 2.68. The Bertz CT molecular complexity index is 488. The molecule has 1 aliphatic heterocycles. The lowest BCUT2D eigenvalue weighted by Gasteiger charge is -2.33. The summed E-state index contributed by atoms with van der Waals surface area (Å²) in [5.74, 6) is 0. The van der Waals surface area contributed by atoms with Crippen LogP contribution in [0.5, 0.6) is 0 Å². The Labute approximate surface area is 241 Å². The van der Waals surface area contributed by atoms with Crippen LogP contribution in [0.2, 0.25) is 0 Å². The van der Waals surface area contributed by atoms with Gasteiger partial charge >= 0.3 is 0 Å². The highest BCUT2D eigenvalue weighted by Gasteiger charge is 2.24. The maximum Gasteiger partial charge on any atom is 0.101 e. The maximum absolute atomic E-state index is 2.68. The van der Waals surface area contributed by atoms with Gasteiger partial charge in [0.15, 0.2) is 0 Å². The third kappa shape index (κ3) is 20.3. The highest BCUT2D eigenvalue weighted by molar-refractivity contribution is 4.97. The molecule has 0 saturated carbocycles. The minimum Gasteiger partial charge on any atom is -0.356 e. The molecule has 0 fully saturated rings. The fraction of sp³-hybridized carbons (Fsp3) is 0.944. The molecular formula is C36H72N2. The first-order valence-corrected chi connectivity index (χ1v) is 18.0. The van der Waals surface area contributed by atoms with E-state index in [-0.39, 0.29) is 0 Å². The molecule has 0 aromatic rings. The van der Waals surface area contributed by atoms with E-state index in [0.717, 1.165) is 0 Å². The van der Waals surface area contributed by atoms with E-state index in [4.69, 9.17) is 0 Å². The summed E-state index contributed by atoms with van der Waals surface area (Å²) in [6, 6.07) is 0. The van der Waals surface area contributed by atoms with Gasteiger partial charge in [0.2, 0.25) is 0 Å². The van der Waals surface area contributed by atoms with Crippen LogP contribution in [0.1, 0.15) is 201 Å². The third-order valence-electron chi connectivity index (χ3n) is 8.82. The molecule has 0 aromatic carbocycles. The van der Waals surface area contributed by atoms with Crippen LogP contribution < -0.4 is 0 Å². The summed E-state index contributed by atoms with van der Waals surface area (Å²) in [6.45, 7) is 9.45. The molecule has 0 bridgehead atoms. The largest absolute Gasteiger partial charge is 0.356 e. The summed E-state index contributed by atoms with van der Waals surface area (Å²) in [5, 5.41) is 0. The smallest absolute Gasteiger partial charge is 0.101 e. The first kappa shape index (κ1) is 35.4. The Hall–Kier alpha value is -0.660. The number of hydrogen-bond acceptors (Lipinski definition) is 2. The van der Waals surface area contributed by atoms with Crippen molar-refractivity contribution in [3.63, 3.8) is 0 Å². The van der Waals surface area contributed by atoms with Crippen LogP contribution in [0.25, 0.3) is 0 Å². The van der Waals surface area contributed by atoms with Crippen molar-refractivity contribution in [3.05, 3.63) is 12.4 Å². The first-order chi connectivity index (χ1) is 18.8. The van der Waals surface area contributed by atoms with Crippen molar-refractivity contribution in [2.75, 3.05) is 13.1 Å². The third-order valence-corrected chi connectivity index (χ3v) is 8.82. The number of nitrogens with zero attached hydrogens (tertiary/aromatic N) is 2. The van der Waals surface area contributed by atoms with Crippen LogP contribution in [-0.2, 0) is 0 Å². The van der Waals surface area contributed by atoms with Crippen LogP contribution >= 0.6 is 0 Å². The highest BCUT2D eigenvalue weighted by Crippen LogP contribution is 2.24. The molecule has 2 heteroatoms. The van der Waals surface area contributed by atoms with Gasteiger partial charge in [-0.15, -0.1) is 0 Å². The van der Waals surface area contributed by atoms with Crippen LogP contribution in [0.15, 0.2) is 12.4 Å². The second-order valence-electron chi connectivity index (χ2n) is 12.5. The van der Waals surface area contributed by atoms with Crippen LogP contribution in [0.4, 0.5) is 0 Å². The molecule has 1 rings (SSSR count). The van der Waals surface area contributed by atoms with Gasteiger partial charge in [-0.3, -0.25) is 0 Å². The summed E-state index contributed by atoms with van der Waals surface area (Å²) < 4.78 is 0. The summed E-state index contributed by atoms with van der Waals surface area (Å²) in [7, 11) is 0. The summed E-state index contributed by atoms with van der Waals surface area (Å²) >= 11 is 0. The second kappa shape index (κ2) is 27.9. The van der Waals surface area contributed by atoms with Crippen molar-refractivity contribution in [2.24, 2.45) is 0 Å². The fourth-order valence-electron chi connectivity index (χ4n) is 6.19. The zero-order valence-electron chi connectivity index (χ0n) is 26.8. The Morgan fingerprint density at radius 2 is 0.605 bits per heavy atom. The Morgan fingerprint density at radius 3 is 0.974 bits per heavy atom. The number of rotatable bonds is 30. The standard InChI is InChI=1S/C36H72N2/c1-4-7-10-12-14-15-16-17-18-19-20-21-22-23-24-26-28-31-36-37(32-29-9-6-3)34-35-38(36)33-30-27-25-13-11-8-5-2/h34-36H,4-33H2,1-3H3. The van der Waals surface area contributed by atoms with E-state index < -0.39 is 0 Å². The Morgan fingerprint density at radius 1 is 0.342 bits per heavy atom. The number of hydrogen-bond donors (Lipinski definition) is 0. The lowest BCUT2D eigenvalue weighted by atomic mass is 10.0. The topological polar surface area (TPSA) is 6.48 Å². The lowest BCUT2D eigenvalue weighted by molar-refractivity contribution is 0.135. The minimum absolute atomic E-state index is 0.642. The van der Waals surface area contributed by atoms with Gasteiger partial charge in [0, 0.05) is 25.5 Å². The highest BCUT2D eigenvalue weighted by atomic mass is 15.4. The van der Waals surface area contributed by atoms with E-state index in [0.29, 0.717) is 6.17 Å². The van der Waals surface area contributed by atoms with Gasteiger partial charge in [-0.2, -0.15) is 0 Å². The molecule has 0 aromatic heterocycles. The lowest BCUT2D eigenvalue weighted by Crippen LogP contribution is -2.39. The summed E-state index contributed by atoms with van der Waals surface area (Å²) in [4.78, 5) is 5.35. The van der Waals surface area contributed by atoms with Crippen molar-refractivity contribution >= 4 is 0 Å². The van der Waals surface area contributed by atoms with Crippen LogP contribution in [-0.4, -0.2) is 29.1 Å². The molecule has 0 spiro atoms. The average Bonchev–Trinajstić information content (AvgIpc) is 3.31. The number of unbranched alkanes of at least 4 members (excludes halogenated alkanes) is 24. The molecule has 1 unspecified atom stereocenters. The molecule has 0 radical (unpaired) electrons. The van der Waals surface area contributed by atoms with E-state index in [9.17, 15) is 0 Å². The molecule has 0 N–H and O–H groups in total. The second-order valence-corrected chi connectivity index (χ2v) is 12.5. The molecule has 0 amide bonds. The molecule has 0 saturated heterocycles. The van der Waals surface area contributed by atoms with Gasteiger partial charge in [0.05, 0.1) is 0 Å². The van der Waals surface area contributed by atoms with Crippen molar-refractivity contribution in [1.82, 2.24) is 9.80 Å². The van der Waals surface area contributed by atoms with E-state index in [1.165, 1.54) is 193 Å². The van der Waals surface area contributed by atoms with Crippen molar-refractivity contribution in [2.45, 2.75) is 207 Å². The summed E-state index contributed by atoms with van der Waals surface area (Å²) in [6.07, 6.45) is 45.5. The van der Waals surface area contributed by atoms with Gasteiger partial charge < -0.3 is 9.80 Å². The van der Waals surface area contributed by atoms with Crippen molar-refractivity contribution in [1.29, 1.82) is 0 Å². The Kier molecular flexibility index (Phi) is 26.0. The average molecular weight is 533 g/mol. The molecule has 1 aliphatic rings. The molecule has 1 heterocycles. The minimum atomic E-state index is 0.642. The predicted octanol–water partition coefficient (Wildman–Crippen LogP) is 12.4. The zero-order valence-corrected chi connectivity index (χ0v) is 26.8. The van der Waals surface area contributed by atoms with Crippen LogP contribution in [0, 0.1) is 0 Å². The van der Waals surface area contributed by atoms with Gasteiger partial charge in [-0.25, -0.2) is 0 Å². The predicted molar refractivity (Wildman–Crippen MR) is 173 cm³/mol. The van der Waals surface area contributed by atoms with E-state index in [1.54, 1.807) is 0 Å². The monoisotopic (exact) mass is 533 g/mol.